The smallest absolute Gasteiger partial charge is 0.152 e. The van der Waals surface area contributed by atoms with Gasteiger partial charge in [0.25, 0.3) is 0 Å². The largest absolute Gasteiger partial charge is 0.378 e. The Morgan fingerprint density at radius 1 is 1.24 bits per heavy atom. The summed E-state index contributed by atoms with van der Waals surface area (Å²) in [5.41, 5.74) is 1.80. The van der Waals surface area contributed by atoms with Gasteiger partial charge in [0.15, 0.2) is 9.84 Å². The normalized spacial score (nSPS) is 22.8. The molecule has 9 heteroatoms. The van der Waals surface area contributed by atoms with Gasteiger partial charge in [-0.25, -0.2) is 8.42 Å². The number of aromatic nitrogens is 2. The van der Waals surface area contributed by atoms with Crippen LogP contribution in [-0.2, 0) is 9.84 Å². The Morgan fingerprint density at radius 2 is 1.95 bits per heavy atom. The van der Waals surface area contributed by atoms with Crippen LogP contribution in [0, 0.1) is 0 Å². The average Bonchev–Trinajstić information content (AvgIpc) is 3.02. The number of fused-ring (bicyclic) bond motifs is 1. The fraction of sp³-hybridized carbons (Fsp3) is 0.500. The number of halogens is 2. The van der Waals surface area contributed by atoms with Gasteiger partial charge in [0.1, 0.15) is 11.0 Å². The molecule has 1 heterocycles. The van der Waals surface area contributed by atoms with Crippen molar-refractivity contribution in [3.63, 3.8) is 0 Å². The van der Waals surface area contributed by atoms with Crippen LogP contribution >= 0.6 is 34.9 Å². The summed E-state index contributed by atoms with van der Waals surface area (Å²) in [6, 6.07) is 1.45. The zero-order valence-corrected chi connectivity index (χ0v) is 14.3. The van der Waals surface area contributed by atoms with E-state index in [1.165, 1.54) is 6.26 Å². The Morgan fingerprint density at radius 3 is 2.67 bits per heavy atom. The number of nitrogens with one attached hydrogen (secondary N) is 1. The van der Waals surface area contributed by atoms with Gasteiger partial charge in [0.05, 0.1) is 32.7 Å². The molecule has 0 spiro atoms. The molecule has 21 heavy (non-hydrogen) atoms. The SMILES string of the molecule is CS(=O)(=O)C1CCCC1Nc1c(Cl)cc(Cl)c2nsnc12. The third kappa shape index (κ3) is 2.84. The minimum atomic E-state index is -3.10. The van der Waals surface area contributed by atoms with Crippen LogP contribution in [0.3, 0.4) is 0 Å². The van der Waals surface area contributed by atoms with E-state index in [0.29, 0.717) is 33.2 Å². The molecule has 0 bridgehead atoms. The number of nitrogens with zero attached hydrogens (tertiary/aromatic N) is 2. The number of benzene rings is 1. The van der Waals surface area contributed by atoms with Gasteiger partial charge in [-0.05, 0) is 25.3 Å². The molecule has 1 aromatic carbocycles. The van der Waals surface area contributed by atoms with Crippen molar-refractivity contribution in [1.82, 2.24) is 8.75 Å². The molecule has 1 aliphatic carbocycles. The third-order valence-corrected chi connectivity index (χ3v) is 6.55. The number of sulfone groups is 1. The van der Waals surface area contributed by atoms with E-state index in [1.807, 2.05) is 0 Å². The second kappa shape index (κ2) is 5.53. The van der Waals surface area contributed by atoms with Gasteiger partial charge in [0.2, 0.25) is 0 Å². The summed E-state index contributed by atoms with van der Waals surface area (Å²) in [5, 5.41) is 3.73. The Balaban J connectivity index is 2.00. The molecule has 1 aliphatic rings. The van der Waals surface area contributed by atoms with Crippen LogP contribution in [0.1, 0.15) is 19.3 Å². The van der Waals surface area contributed by atoms with Crippen molar-refractivity contribution in [3.8, 4) is 0 Å². The lowest BCUT2D eigenvalue weighted by molar-refractivity contribution is 0.579. The second-order valence-electron chi connectivity index (χ2n) is 5.23. The molecule has 114 valence electrons. The Kier molecular flexibility index (Phi) is 4.02. The first-order valence-corrected chi connectivity index (χ1v) is 9.87. The summed E-state index contributed by atoms with van der Waals surface area (Å²) < 4.78 is 32.1. The van der Waals surface area contributed by atoms with Crippen LogP contribution in [0.5, 0.6) is 0 Å². The van der Waals surface area contributed by atoms with E-state index in [0.717, 1.165) is 24.6 Å². The molecule has 0 radical (unpaired) electrons. The second-order valence-corrected chi connectivity index (χ2v) is 8.83. The van der Waals surface area contributed by atoms with E-state index in [2.05, 4.69) is 14.1 Å². The summed E-state index contributed by atoms with van der Waals surface area (Å²) >= 11 is 13.4. The van der Waals surface area contributed by atoms with Crippen molar-refractivity contribution >= 4 is 61.5 Å². The van der Waals surface area contributed by atoms with Crippen LogP contribution in [-0.4, -0.2) is 34.7 Å². The van der Waals surface area contributed by atoms with Crippen molar-refractivity contribution in [1.29, 1.82) is 0 Å². The highest BCUT2D eigenvalue weighted by Gasteiger charge is 2.35. The maximum atomic E-state index is 11.9. The van der Waals surface area contributed by atoms with Gasteiger partial charge < -0.3 is 5.32 Å². The van der Waals surface area contributed by atoms with E-state index in [-0.39, 0.29) is 6.04 Å². The molecule has 1 N–H and O–H groups in total. The van der Waals surface area contributed by atoms with E-state index in [9.17, 15) is 8.42 Å². The molecule has 0 amide bonds. The monoisotopic (exact) mass is 365 g/mol. The molecular formula is C12H13Cl2N3O2S2. The summed E-state index contributed by atoms with van der Waals surface area (Å²) in [6.45, 7) is 0. The summed E-state index contributed by atoms with van der Waals surface area (Å²) in [4.78, 5) is 0. The minimum absolute atomic E-state index is 0.163. The molecule has 0 saturated heterocycles. The van der Waals surface area contributed by atoms with E-state index >= 15 is 0 Å². The molecule has 0 aliphatic heterocycles. The zero-order valence-electron chi connectivity index (χ0n) is 11.1. The maximum absolute atomic E-state index is 11.9. The Bertz CT molecular complexity index is 791. The summed E-state index contributed by atoms with van der Waals surface area (Å²) in [6.07, 6.45) is 3.61. The van der Waals surface area contributed by atoms with Crippen LogP contribution in [0.4, 0.5) is 5.69 Å². The lowest BCUT2D eigenvalue weighted by atomic mass is 10.2. The van der Waals surface area contributed by atoms with Crippen molar-refractivity contribution in [2.75, 3.05) is 11.6 Å². The molecule has 2 aromatic rings. The molecule has 2 atom stereocenters. The summed E-state index contributed by atoms with van der Waals surface area (Å²) in [5.74, 6) is 0. The molecule has 1 fully saturated rings. The van der Waals surface area contributed by atoms with Crippen molar-refractivity contribution in [2.45, 2.75) is 30.6 Å². The van der Waals surface area contributed by atoms with E-state index < -0.39 is 15.1 Å². The quantitative estimate of drug-likeness (QED) is 0.902. The number of hydrogen-bond donors (Lipinski definition) is 1. The topological polar surface area (TPSA) is 72.0 Å². The number of rotatable bonds is 3. The van der Waals surface area contributed by atoms with E-state index in [1.54, 1.807) is 6.07 Å². The summed E-state index contributed by atoms with van der Waals surface area (Å²) in [7, 11) is -3.10. The van der Waals surface area contributed by atoms with Gasteiger partial charge in [-0.3, -0.25) is 0 Å². The fourth-order valence-corrected chi connectivity index (χ4v) is 5.36. The first-order chi connectivity index (χ1) is 9.88. The maximum Gasteiger partial charge on any atom is 0.152 e. The van der Waals surface area contributed by atoms with E-state index in [4.69, 9.17) is 23.2 Å². The molecule has 1 saturated carbocycles. The fourth-order valence-electron chi connectivity index (χ4n) is 2.80. The first kappa shape index (κ1) is 15.3. The highest BCUT2D eigenvalue weighted by molar-refractivity contribution is 7.91. The first-order valence-electron chi connectivity index (χ1n) is 6.43. The number of hydrogen-bond acceptors (Lipinski definition) is 6. The Hall–Kier alpha value is -0.630. The van der Waals surface area contributed by atoms with Crippen LogP contribution in [0.15, 0.2) is 6.07 Å². The zero-order chi connectivity index (χ0) is 15.2. The highest BCUT2D eigenvalue weighted by Crippen LogP contribution is 2.37. The van der Waals surface area contributed by atoms with Crippen LogP contribution < -0.4 is 5.32 Å². The predicted octanol–water partition coefficient (Wildman–Crippen LogP) is 3.38. The Labute approximate surface area is 136 Å². The predicted molar refractivity (Wildman–Crippen MR) is 87.3 cm³/mol. The van der Waals surface area contributed by atoms with Crippen molar-refractivity contribution < 1.29 is 8.42 Å². The molecule has 3 rings (SSSR count). The lowest BCUT2D eigenvalue weighted by Crippen LogP contribution is -2.34. The highest BCUT2D eigenvalue weighted by atomic mass is 35.5. The molecule has 2 unspecified atom stereocenters. The van der Waals surface area contributed by atoms with Gasteiger partial charge >= 0.3 is 0 Å². The van der Waals surface area contributed by atoms with Gasteiger partial charge in [-0.1, -0.05) is 23.2 Å². The lowest BCUT2D eigenvalue weighted by Gasteiger charge is -2.21. The minimum Gasteiger partial charge on any atom is -0.378 e. The van der Waals surface area contributed by atoms with Gasteiger partial charge in [0, 0.05) is 12.3 Å². The van der Waals surface area contributed by atoms with Crippen LogP contribution in [0.2, 0.25) is 10.0 Å². The molecule has 1 aromatic heterocycles. The van der Waals surface area contributed by atoms with Crippen molar-refractivity contribution in [2.24, 2.45) is 0 Å². The molecular weight excluding hydrogens is 353 g/mol. The standard InChI is InChI=1S/C12H13Cl2N3O2S2/c1-21(18,19)9-4-2-3-8(9)15-10-6(13)5-7(14)11-12(10)17-20-16-11/h5,8-9,15H,2-4H2,1H3. The van der Waals surface area contributed by atoms with Gasteiger partial charge in [-0.2, -0.15) is 8.75 Å². The van der Waals surface area contributed by atoms with Gasteiger partial charge in [-0.15, -0.1) is 0 Å². The van der Waals surface area contributed by atoms with Crippen LogP contribution in [0.25, 0.3) is 11.0 Å². The average molecular weight is 366 g/mol. The van der Waals surface area contributed by atoms with Crippen molar-refractivity contribution in [3.05, 3.63) is 16.1 Å². The number of anilines is 1. The molecule has 5 nitrogen and oxygen atoms in total. The third-order valence-electron chi connectivity index (χ3n) is 3.78.